The summed E-state index contributed by atoms with van der Waals surface area (Å²) in [4.78, 5) is 8.34. The molecule has 1 aliphatic rings. The van der Waals surface area contributed by atoms with Crippen molar-refractivity contribution in [2.75, 3.05) is 17.3 Å². The highest BCUT2D eigenvalue weighted by molar-refractivity contribution is 5.41. The first-order valence-corrected chi connectivity index (χ1v) is 6.79. The van der Waals surface area contributed by atoms with Crippen LogP contribution >= 0.6 is 0 Å². The van der Waals surface area contributed by atoms with Crippen molar-refractivity contribution in [3.05, 3.63) is 11.8 Å². The van der Waals surface area contributed by atoms with Crippen LogP contribution in [0.2, 0.25) is 0 Å². The second-order valence-corrected chi connectivity index (χ2v) is 5.62. The molecule has 0 atom stereocenters. The van der Waals surface area contributed by atoms with Crippen molar-refractivity contribution in [3.8, 4) is 0 Å². The number of aryl methyl sites for hydroxylation is 1. The fraction of sp³-hybridized carbons (Fsp3) is 0.692. The van der Waals surface area contributed by atoms with Gasteiger partial charge < -0.3 is 10.4 Å². The fourth-order valence-electron chi connectivity index (χ4n) is 2.46. The molecule has 5 N–H and O–H groups in total. The Balaban J connectivity index is 1.96. The van der Waals surface area contributed by atoms with E-state index in [1.54, 1.807) is 0 Å². The quantitative estimate of drug-likeness (QED) is 0.486. The zero-order valence-electron chi connectivity index (χ0n) is 11.6. The Hall–Kier alpha value is -1.40. The van der Waals surface area contributed by atoms with Gasteiger partial charge in [-0.3, -0.25) is 5.43 Å². The van der Waals surface area contributed by atoms with E-state index in [9.17, 15) is 5.11 Å². The Labute approximate surface area is 113 Å². The molecule has 0 amide bonds. The van der Waals surface area contributed by atoms with Gasteiger partial charge in [0.05, 0.1) is 5.60 Å². The van der Waals surface area contributed by atoms with Crippen molar-refractivity contribution < 1.29 is 5.11 Å². The van der Waals surface area contributed by atoms with Gasteiger partial charge in [0.15, 0.2) is 0 Å². The summed E-state index contributed by atoms with van der Waals surface area (Å²) in [6.45, 7) is 4.63. The Morgan fingerprint density at radius 2 is 2.11 bits per heavy atom. The van der Waals surface area contributed by atoms with E-state index in [4.69, 9.17) is 5.84 Å². The number of hydrazine groups is 1. The number of aliphatic hydroxyl groups is 1. The van der Waals surface area contributed by atoms with Gasteiger partial charge in [-0.1, -0.05) is 6.92 Å². The summed E-state index contributed by atoms with van der Waals surface area (Å²) in [5, 5.41) is 13.7. The number of nitrogen functional groups attached to an aromatic ring is 1. The predicted octanol–water partition coefficient (Wildman–Crippen LogP) is 1.42. The third kappa shape index (κ3) is 3.78. The van der Waals surface area contributed by atoms with Gasteiger partial charge in [-0.05, 0) is 38.5 Å². The Bertz CT molecular complexity index is 429. The molecule has 6 nitrogen and oxygen atoms in total. The van der Waals surface area contributed by atoms with E-state index in [0.717, 1.165) is 37.3 Å². The number of anilines is 2. The van der Waals surface area contributed by atoms with Gasteiger partial charge in [0.2, 0.25) is 5.95 Å². The minimum absolute atomic E-state index is 0.381. The molecule has 1 fully saturated rings. The van der Waals surface area contributed by atoms with Gasteiger partial charge in [-0.2, -0.15) is 4.98 Å². The molecule has 0 unspecified atom stereocenters. The van der Waals surface area contributed by atoms with Gasteiger partial charge in [0, 0.05) is 18.3 Å². The molecule has 1 aromatic rings. The standard InChI is InChI=1S/C13H23N5O/c1-9-3-5-13(19,6-4-9)8-15-11-7-10(2)16-12(17-11)18-14/h7,9,19H,3-6,8,14H2,1-2H3,(H2,15,16,17,18). The lowest BCUT2D eigenvalue weighted by molar-refractivity contribution is 0.00494. The Kier molecular flexibility index (Phi) is 4.21. The zero-order chi connectivity index (χ0) is 13.9. The minimum atomic E-state index is -0.623. The molecule has 2 rings (SSSR count). The number of hydrogen-bond donors (Lipinski definition) is 4. The number of nitrogens with one attached hydrogen (secondary N) is 2. The van der Waals surface area contributed by atoms with E-state index >= 15 is 0 Å². The highest BCUT2D eigenvalue weighted by atomic mass is 16.3. The summed E-state index contributed by atoms with van der Waals surface area (Å²) in [7, 11) is 0. The van der Waals surface area contributed by atoms with Crippen molar-refractivity contribution in [3.63, 3.8) is 0 Å². The average Bonchev–Trinajstić information content (AvgIpc) is 2.40. The summed E-state index contributed by atoms with van der Waals surface area (Å²) in [5.41, 5.74) is 2.64. The number of nitrogens with two attached hydrogens (primary N) is 1. The van der Waals surface area contributed by atoms with Crippen LogP contribution in [0.5, 0.6) is 0 Å². The van der Waals surface area contributed by atoms with Gasteiger partial charge in [0.1, 0.15) is 5.82 Å². The van der Waals surface area contributed by atoms with Crippen LogP contribution in [0.25, 0.3) is 0 Å². The summed E-state index contributed by atoms with van der Waals surface area (Å²) < 4.78 is 0. The average molecular weight is 265 g/mol. The second-order valence-electron chi connectivity index (χ2n) is 5.62. The van der Waals surface area contributed by atoms with Crippen LogP contribution in [-0.4, -0.2) is 27.2 Å². The zero-order valence-corrected chi connectivity index (χ0v) is 11.6. The second kappa shape index (κ2) is 5.71. The van der Waals surface area contributed by atoms with E-state index in [1.807, 2.05) is 13.0 Å². The van der Waals surface area contributed by atoms with Gasteiger partial charge in [-0.25, -0.2) is 10.8 Å². The maximum atomic E-state index is 10.5. The molecule has 0 saturated heterocycles. The van der Waals surface area contributed by atoms with Crippen LogP contribution in [0.1, 0.15) is 38.3 Å². The van der Waals surface area contributed by atoms with Crippen LogP contribution in [0.3, 0.4) is 0 Å². The summed E-state index contributed by atoms with van der Waals surface area (Å²) in [6.07, 6.45) is 3.84. The molecule has 0 aliphatic heterocycles. The lowest BCUT2D eigenvalue weighted by Gasteiger charge is -2.35. The van der Waals surface area contributed by atoms with Crippen LogP contribution < -0.4 is 16.6 Å². The molecule has 1 aliphatic carbocycles. The third-order valence-corrected chi connectivity index (χ3v) is 3.79. The van der Waals surface area contributed by atoms with Gasteiger partial charge in [-0.15, -0.1) is 0 Å². The lowest BCUT2D eigenvalue weighted by Crippen LogP contribution is -2.40. The van der Waals surface area contributed by atoms with Crippen molar-refractivity contribution >= 4 is 11.8 Å². The molecular formula is C13H23N5O. The number of aromatic nitrogens is 2. The molecule has 1 saturated carbocycles. The van der Waals surface area contributed by atoms with Crippen LogP contribution in [-0.2, 0) is 0 Å². The first kappa shape index (κ1) is 14.0. The van der Waals surface area contributed by atoms with Crippen LogP contribution in [0, 0.1) is 12.8 Å². The van der Waals surface area contributed by atoms with E-state index in [-0.39, 0.29) is 0 Å². The number of nitrogens with zero attached hydrogens (tertiary/aromatic N) is 2. The predicted molar refractivity (Wildman–Crippen MR) is 75.7 cm³/mol. The molecule has 0 spiro atoms. The molecule has 0 bridgehead atoms. The highest BCUT2D eigenvalue weighted by Crippen LogP contribution is 2.31. The molecule has 0 radical (unpaired) electrons. The molecule has 0 aromatic carbocycles. The molecule has 6 heteroatoms. The molecule has 1 heterocycles. The SMILES string of the molecule is Cc1cc(NCC2(O)CCC(C)CC2)nc(NN)n1. The summed E-state index contributed by atoms with van der Waals surface area (Å²) in [5.74, 6) is 7.10. The first-order chi connectivity index (χ1) is 9.00. The molecule has 106 valence electrons. The number of hydrogen-bond acceptors (Lipinski definition) is 6. The maximum Gasteiger partial charge on any atom is 0.239 e. The monoisotopic (exact) mass is 265 g/mol. The lowest BCUT2D eigenvalue weighted by atomic mass is 9.79. The maximum absolute atomic E-state index is 10.5. The first-order valence-electron chi connectivity index (χ1n) is 6.79. The summed E-state index contributed by atoms with van der Waals surface area (Å²) in [6, 6.07) is 1.84. The summed E-state index contributed by atoms with van der Waals surface area (Å²) >= 11 is 0. The molecular weight excluding hydrogens is 242 g/mol. The minimum Gasteiger partial charge on any atom is -0.388 e. The molecule has 1 aromatic heterocycles. The smallest absolute Gasteiger partial charge is 0.239 e. The highest BCUT2D eigenvalue weighted by Gasteiger charge is 2.31. The Morgan fingerprint density at radius 3 is 2.74 bits per heavy atom. The van der Waals surface area contributed by atoms with E-state index in [1.165, 1.54) is 0 Å². The van der Waals surface area contributed by atoms with E-state index < -0.39 is 5.60 Å². The largest absolute Gasteiger partial charge is 0.388 e. The topological polar surface area (TPSA) is 96.1 Å². The van der Waals surface area contributed by atoms with Crippen molar-refractivity contribution in [2.45, 2.75) is 45.1 Å². The number of rotatable bonds is 4. The van der Waals surface area contributed by atoms with Crippen molar-refractivity contribution in [2.24, 2.45) is 11.8 Å². The normalized spacial score (nSPS) is 27.1. The van der Waals surface area contributed by atoms with E-state index in [0.29, 0.717) is 18.3 Å². The van der Waals surface area contributed by atoms with Crippen molar-refractivity contribution in [1.82, 2.24) is 9.97 Å². The molecule has 19 heavy (non-hydrogen) atoms. The Morgan fingerprint density at radius 1 is 1.42 bits per heavy atom. The van der Waals surface area contributed by atoms with Gasteiger partial charge >= 0.3 is 0 Å². The van der Waals surface area contributed by atoms with Crippen LogP contribution in [0.4, 0.5) is 11.8 Å². The van der Waals surface area contributed by atoms with Crippen LogP contribution in [0.15, 0.2) is 6.07 Å². The van der Waals surface area contributed by atoms with Gasteiger partial charge in [0.25, 0.3) is 0 Å². The third-order valence-electron chi connectivity index (χ3n) is 3.79. The fourth-order valence-corrected chi connectivity index (χ4v) is 2.46. The van der Waals surface area contributed by atoms with Crippen molar-refractivity contribution in [1.29, 1.82) is 0 Å². The van der Waals surface area contributed by atoms with E-state index in [2.05, 4.69) is 27.6 Å².